The minimum absolute atomic E-state index is 0.137. The fourth-order valence-electron chi connectivity index (χ4n) is 1.56. The lowest BCUT2D eigenvalue weighted by Gasteiger charge is -2.19. The number of aliphatic carboxylic acids is 1. The molecule has 0 aliphatic heterocycles. The Morgan fingerprint density at radius 2 is 1.89 bits per heavy atom. The zero-order valence-electron chi connectivity index (χ0n) is 10.0. The van der Waals surface area contributed by atoms with Crippen molar-refractivity contribution in [3.8, 4) is 11.4 Å². The molecule has 0 bridgehead atoms. The second-order valence-electron chi connectivity index (χ2n) is 4.48. The van der Waals surface area contributed by atoms with E-state index < -0.39 is 11.4 Å². The van der Waals surface area contributed by atoms with Crippen molar-refractivity contribution in [3.05, 3.63) is 36.2 Å². The van der Waals surface area contributed by atoms with Crippen LogP contribution in [-0.4, -0.2) is 31.2 Å². The molecule has 94 valence electrons. The van der Waals surface area contributed by atoms with Gasteiger partial charge in [-0.2, -0.15) is 0 Å². The molecule has 0 atom stereocenters. The third kappa shape index (κ3) is 1.92. The minimum atomic E-state index is -1.10. The molecule has 0 spiro atoms. The van der Waals surface area contributed by atoms with E-state index in [9.17, 15) is 15.0 Å². The molecule has 6 nitrogen and oxygen atoms in total. The molecule has 0 fully saturated rings. The number of carbonyl (C=O) groups is 1. The quantitative estimate of drug-likeness (QED) is 0.854. The smallest absolute Gasteiger partial charge is 0.315 e. The normalized spacial score (nSPS) is 11.4. The van der Waals surface area contributed by atoms with E-state index in [1.807, 2.05) is 0 Å². The van der Waals surface area contributed by atoms with Gasteiger partial charge in [-0.15, -0.1) is 5.10 Å². The molecule has 2 aromatic rings. The van der Waals surface area contributed by atoms with Gasteiger partial charge in [0.2, 0.25) is 0 Å². The second kappa shape index (κ2) is 4.14. The molecule has 1 aromatic heterocycles. The zero-order chi connectivity index (χ0) is 13.3. The van der Waals surface area contributed by atoms with Crippen molar-refractivity contribution in [1.29, 1.82) is 0 Å². The monoisotopic (exact) mass is 247 g/mol. The number of phenols is 1. The molecule has 0 aliphatic carbocycles. The minimum Gasteiger partial charge on any atom is -0.508 e. The lowest BCUT2D eigenvalue weighted by atomic mass is 9.90. The first kappa shape index (κ1) is 12.1. The third-order valence-electron chi connectivity index (χ3n) is 2.82. The summed E-state index contributed by atoms with van der Waals surface area (Å²) in [6, 6.07) is 6.31. The number of hydrogen-bond donors (Lipinski definition) is 2. The SMILES string of the molecule is CC(C)(C(=O)O)c1cnnn1-c1ccc(O)cc1. The first-order chi connectivity index (χ1) is 8.43. The molecular weight excluding hydrogens is 234 g/mol. The summed E-state index contributed by atoms with van der Waals surface area (Å²) in [5.41, 5.74) is 0.0248. The fourth-order valence-corrected chi connectivity index (χ4v) is 1.56. The van der Waals surface area contributed by atoms with Crippen LogP contribution in [0.5, 0.6) is 5.75 Å². The van der Waals surface area contributed by atoms with Crippen LogP contribution in [0.4, 0.5) is 0 Å². The van der Waals surface area contributed by atoms with Gasteiger partial charge in [0.15, 0.2) is 0 Å². The van der Waals surface area contributed by atoms with Gasteiger partial charge in [0.25, 0.3) is 0 Å². The van der Waals surface area contributed by atoms with Crippen LogP contribution in [0.2, 0.25) is 0 Å². The third-order valence-corrected chi connectivity index (χ3v) is 2.82. The van der Waals surface area contributed by atoms with Crippen LogP contribution in [0, 0.1) is 0 Å². The highest BCUT2D eigenvalue weighted by molar-refractivity contribution is 5.79. The number of benzene rings is 1. The average Bonchev–Trinajstić information content (AvgIpc) is 2.79. The van der Waals surface area contributed by atoms with Crippen LogP contribution in [0.1, 0.15) is 19.5 Å². The molecule has 2 N–H and O–H groups in total. The van der Waals surface area contributed by atoms with E-state index in [0.29, 0.717) is 11.4 Å². The van der Waals surface area contributed by atoms with Crippen molar-refractivity contribution in [1.82, 2.24) is 15.0 Å². The van der Waals surface area contributed by atoms with Gasteiger partial charge in [-0.1, -0.05) is 5.21 Å². The maximum atomic E-state index is 11.2. The number of nitrogens with zero attached hydrogens (tertiary/aromatic N) is 3. The fraction of sp³-hybridized carbons (Fsp3) is 0.250. The van der Waals surface area contributed by atoms with Crippen molar-refractivity contribution >= 4 is 5.97 Å². The molecule has 0 saturated carbocycles. The van der Waals surface area contributed by atoms with Gasteiger partial charge in [-0.3, -0.25) is 4.79 Å². The zero-order valence-corrected chi connectivity index (χ0v) is 10.0. The number of phenolic OH excluding ortho intramolecular Hbond substituents is 1. The van der Waals surface area contributed by atoms with E-state index in [2.05, 4.69) is 10.3 Å². The largest absolute Gasteiger partial charge is 0.508 e. The van der Waals surface area contributed by atoms with E-state index in [-0.39, 0.29) is 5.75 Å². The summed E-state index contributed by atoms with van der Waals surface area (Å²) < 4.78 is 1.45. The maximum Gasteiger partial charge on any atom is 0.315 e. The molecule has 1 heterocycles. The number of hydrogen-bond acceptors (Lipinski definition) is 4. The highest BCUT2D eigenvalue weighted by Crippen LogP contribution is 2.25. The topological polar surface area (TPSA) is 88.2 Å². The predicted molar refractivity (Wildman–Crippen MR) is 63.7 cm³/mol. The van der Waals surface area contributed by atoms with Gasteiger partial charge in [-0.05, 0) is 38.1 Å². The highest BCUT2D eigenvalue weighted by atomic mass is 16.4. The van der Waals surface area contributed by atoms with Crippen molar-refractivity contribution in [2.75, 3.05) is 0 Å². The molecule has 0 radical (unpaired) electrons. The number of aromatic nitrogens is 3. The Balaban J connectivity index is 2.52. The van der Waals surface area contributed by atoms with E-state index in [1.165, 1.54) is 23.0 Å². The van der Waals surface area contributed by atoms with E-state index in [1.54, 1.807) is 26.0 Å². The molecule has 0 aliphatic rings. The van der Waals surface area contributed by atoms with E-state index >= 15 is 0 Å². The molecule has 0 amide bonds. The molecule has 6 heteroatoms. The summed E-state index contributed by atoms with van der Waals surface area (Å²) in [6.45, 7) is 3.18. The van der Waals surface area contributed by atoms with Crippen molar-refractivity contribution in [2.45, 2.75) is 19.3 Å². The number of carboxylic acid groups (broad SMARTS) is 1. The van der Waals surface area contributed by atoms with Gasteiger partial charge in [0.05, 0.1) is 17.6 Å². The van der Waals surface area contributed by atoms with Crippen LogP contribution in [0.25, 0.3) is 5.69 Å². The molecule has 0 saturated heterocycles. The standard InChI is InChI=1S/C12H13N3O3/c1-12(2,11(17)18)10-7-13-14-15(10)8-3-5-9(16)6-4-8/h3-7,16H,1-2H3,(H,17,18). The Hall–Kier alpha value is -2.37. The molecule has 2 rings (SSSR count). The number of rotatable bonds is 3. The summed E-state index contributed by atoms with van der Waals surface area (Å²) in [6.07, 6.45) is 1.43. The Labute approximate surface area is 103 Å². The first-order valence-corrected chi connectivity index (χ1v) is 5.37. The Kier molecular flexibility index (Phi) is 2.78. The molecular formula is C12H13N3O3. The molecule has 18 heavy (non-hydrogen) atoms. The number of aromatic hydroxyl groups is 1. The average molecular weight is 247 g/mol. The van der Waals surface area contributed by atoms with Gasteiger partial charge < -0.3 is 10.2 Å². The van der Waals surface area contributed by atoms with E-state index in [0.717, 1.165) is 0 Å². The Morgan fingerprint density at radius 3 is 2.44 bits per heavy atom. The highest BCUT2D eigenvalue weighted by Gasteiger charge is 2.33. The van der Waals surface area contributed by atoms with Crippen LogP contribution < -0.4 is 0 Å². The summed E-state index contributed by atoms with van der Waals surface area (Å²) in [4.78, 5) is 11.2. The Bertz CT molecular complexity index is 573. The predicted octanol–water partition coefficient (Wildman–Crippen LogP) is 1.34. The Morgan fingerprint density at radius 1 is 1.28 bits per heavy atom. The summed E-state index contributed by atoms with van der Waals surface area (Å²) in [5.74, 6) is -0.817. The van der Waals surface area contributed by atoms with Gasteiger partial charge in [-0.25, -0.2) is 4.68 Å². The van der Waals surface area contributed by atoms with Gasteiger partial charge in [0.1, 0.15) is 11.2 Å². The maximum absolute atomic E-state index is 11.2. The second-order valence-corrected chi connectivity index (χ2v) is 4.48. The lowest BCUT2D eigenvalue weighted by molar-refractivity contribution is -0.142. The van der Waals surface area contributed by atoms with Crippen LogP contribution in [0.15, 0.2) is 30.5 Å². The molecule has 0 unspecified atom stereocenters. The van der Waals surface area contributed by atoms with Crippen LogP contribution in [0.3, 0.4) is 0 Å². The summed E-state index contributed by atoms with van der Waals surface area (Å²) in [5, 5.41) is 26.1. The summed E-state index contributed by atoms with van der Waals surface area (Å²) in [7, 11) is 0. The van der Waals surface area contributed by atoms with Gasteiger partial charge in [0, 0.05) is 0 Å². The molecule has 1 aromatic carbocycles. The summed E-state index contributed by atoms with van der Waals surface area (Å²) >= 11 is 0. The van der Waals surface area contributed by atoms with Crippen LogP contribution in [-0.2, 0) is 10.2 Å². The van der Waals surface area contributed by atoms with Crippen molar-refractivity contribution in [2.24, 2.45) is 0 Å². The van der Waals surface area contributed by atoms with Crippen molar-refractivity contribution in [3.63, 3.8) is 0 Å². The van der Waals surface area contributed by atoms with Crippen LogP contribution >= 0.6 is 0 Å². The number of carboxylic acids is 1. The van der Waals surface area contributed by atoms with E-state index in [4.69, 9.17) is 0 Å². The van der Waals surface area contributed by atoms with Crippen molar-refractivity contribution < 1.29 is 15.0 Å². The lowest BCUT2D eigenvalue weighted by Crippen LogP contribution is -2.31. The first-order valence-electron chi connectivity index (χ1n) is 5.37. The van der Waals surface area contributed by atoms with Gasteiger partial charge >= 0.3 is 5.97 Å².